The highest BCUT2D eigenvalue weighted by molar-refractivity contribution is 5.97. The monoisotopic (exact) mass is 390 g/mol. The van der Waals surface area contributed by atoms with E-state index in [0.29, 0.717) is 51.4 Å². The number of benzene rings is 1. The molecule has 1 aliphatic heterocycles. The van der Waals surface area contributed by atoms with Crippen LogP contribution in [0.25, 0.3) is 0 Å². The van der Waals surface area contributed by atoms with Crippen LogP contribution in [-0.2, 0) is 14.3 Å². The molecule has 1 fully saturated rings. The van der Waals surface area contributed by atoms with Crippen LogP contribution in [0.5, 0.6) is 0 Å². The number of hydrogen-bond acceptors (Lipinski definition) is 5. The van der Waals surface area contributed by atoms with Gasteiger partial charge in [0.15, 0.2) is 0 Å². The lowest BCUT2D eigenvalue weighted by Crippen LogP contribution is -2.55. The maximum absolute atomic E-state index is 12.6. The molecule has 2 N–H and O–H groups in total. The molecule has 0 bridgehead atoms. The van der Waals surface area contributed by atoms with Crippen LogP contribution in [0.4, 0.5) is 0 Å². The number of rotatable bonds is 9. The summed E-state index contributed by atoms with van der Waals surface area (Å²) in [6, 6.07) is 8.24. The number of hydrogen-bond donors (Lipinski definition) is 2. The molecule has 0 unspecified atom stereocenters. The molecular formula is C20H30N4O4. The highest BCUT2D eigenvalue weighted by Gasteiger charge is 2.26. The first kappa shape index (κ1) is 21.8. The molecular weight excluding hydrogens is 360 g/mol. The quantitative estimate of drug-likeness (QED) is 0.584. The van der Waals surface area contributed by atoms with Crippen molar-refractivity contribution in [2.24, 2.45) is 0 Å². The Morgan fingerprint density at radius 3 is 2.43 bits per heavy atom. The Bertz CT molecular complexity index is 645. The van der Waals surface area contributed by atoms with E-state index in [1.807, 2.05) is 11.0 Å². The molecule has 0 aromatic heterocycles. The van der Waals surface area contributed by atoms with Crippen molar-refractivity contribution in [2.75, 3.05) is 53.0 Å². The molecule has 1 atom stereocenters. The molecule has 0 radical (unpaired) electrons. The zero-order valence-electron chi connectivity index (χ0n) is 16.6. The second-order valence-corrected chi connectivity index (χ2v) is 6.86. The minimum Gasteiger partial charge on any atom is -0.385 e. The van der Waals surface area contributed by atoms with Crippen molar-refractivity contribution >= 4 is 17.7 Å². The van der Waals surface area contributed by atoms with E-state index in [9.17, 15) is 14.4 Å². The van der Waals surface area contributed by atoms with Gasteiger partial charge in [-0.15, -0.1) is 0 Å². The van der Waals surface area contributed by atoms with Crippen LogP contribution in [0.3, 0.4) is 0 Å². The first-order chi connectivity index (χ1) is 13.5. The second-order valence-electron chi connectivity index (χ2n) is 6.86. The van der Waals surface area contributed by atoms with Crippen LogP contribution in [-0.4, -0.2) is 86.5 Å². The smallest absolute Gasteiger partial charge is 0.251 e. The number of carbonyl (C=O) groups is 3. The summed E-state index contributed by atoms with van der Waals surface area (Å²) < 4.78 is 4.95. The van der Waals surface area contributed by atoms with Crippen LogP contribution >= 0.6 is 0 Å². The fourth-order valence-corrected chi connectivity index (χ4v) is 3.03. The summed E-state index contributed by atoms with van der Waals surface area (Å²) in [5.74, 6) is -0.377. The van der Waals surface area contributed by atoms with Crippen LogP contribution < -0.4 is 10.6 Å². The number of nitrogens with zero attached hydrogens (tertiary/aromatic N) is 2. The number of amides is 3. The van der Waals surface area contributed by atoms with Gasteiger partial charge in [0, 0.05) is 52.0 Å². The zero-order chi connectivity index (χ0) is 20.4. The lowest BCUT2D eigenvalue weighted by atomic mass is 10.2. The lowest BCUT2D eigenvalue weighted by molar-refractivity contribution is -0.134. The molecule has 1 aromatic carbocycles. The van der Waals surface area contributed by atoms with Gasteiger partial charge in [0.25, 0.3) is 5.91 Å². The van der Waals surface area contributed by atoms with Crippen molar-refractivity contribution in [2.45, 2.75) is 19.4 Å². The van der Waals surface area contributed by atoms with E-state index in [4.69, 9.17) is 4.74 Å². The van der Waals surface area contributed by atoms with E-state index in [2.05, 4.69) is 10.6 Å². The molecule has 1 aliphatic rings. The van der Waals surface area contributed by atoms with Gasteiger partial charge in [0.1, 0.15) is 6.04 Å². The normalized spacial score (nSPS) is 15.7. The second kappa shape index (κ2) is 11.4. The summed E-state index contributed by atoms with van der Waals surface area (Å²) in [6.07, 6.45) is 0.789. The number of methoxy groups -OCH3 is 1. The Labute approximate surface area is 166 Å². The number of piperazine rings is 1. The van der Waals surface area contributed by atoms with E-state index in [-0.39, 0.29) is 17.7 Å². The Hall–Kier alpha value is -2.45. The van der Waals surface area contributed by atoms with E-state index < -0.39 is 6.04 Å². The number of carbonyl (C=O) groups excluding carboxylic acids is 3. The predicted molar refractivity (Wildman–Crippen MR) is 106 cm³/mol. The van der Waals surface area contributed by atoms with E-state index >= 15 is 0 Å². The van der Waals surface area contributed by atoms with Crippen molar-refractivity contribution in [3.63, 3.8) is 0 Å². The van der Waals surface area contributed by atoms with Gasteiger partial charge in [-0.1, -0.05) is 18.2 Å². The van der Waals surface area contributed by atoms with E-state index in [0.717, 1.165) is 6.42 Å². The molecule has 0 spiro atoms. The van der Waals surface area contributed by atoms with Crippen molar-refractivity contribution in [1.82, 2.24) is 20.4 Å². The molecule has 0 aliphatic carbocycles. The summed E-state index contributed by atoms with van der Waals surface area (Å²) in [4.78, 5) is 40.5. The molecule has 0 saturated carbocycles. The van der Waals surface area contributed by atoms with Gasteiger partial charge in [0.05, 0.1) is 6.54 Å². The molecule has 154 valence electrons. The Morgan fingerprint density at radius 2 is 1.79 bits per heavy atom. The molecule has 1 saturated heterocycles. The van der Waals surface area contributed by atoms with Gasteiger partial charge in [0.2, 0.25) is 11.8 Å². The zero-order valence-corrected chi connectivity index (χ0v) is 16.6. The first-order valence-corrected chi connectivity index (χ1v) is 9.64. The highest BCUT2D eigenvalue weighted by atomic mass is 16.5. The lowest BCUT2D eigenvalue weighted by Gasteiger charge is -2.35. The predicted octanol–water partition coefficient (Wildman–Crippen LogP) is 0.102. The number of nitrogens with one attached hydrogen (secondary N) is 2. The highest BCUT2D eigenvalue weighted by Crippen LogP contribution is 2.05. The maximum atomic E-state index is 12.6. The standard InChI is InChI=1S/C20H30N4O4/c1-16(22-19(26)17-7-4-3-5-8-17)20(27)24-12-10-23(11-13-24)15-18(25)21-9-6-14-28-2/h3-5,7-8,16H,6,9-15H2,1-2H3,(H,21,25)(H,22,26)/t16-/m0/s1. The van der Waals surface area contributed by atoms with Gasteiger partial charge in [-0.2, -0.15) is 0 Å². The van der Waals surface area contributed by atoms with Crippen LogP contribution in [0.1, 0.15) is 23.7 Å². The molecule has 3 amide bonds. The minimum atomic E-state index is -0.594. The summed E-state index contributed by atoms with van der Waals surface area (Å²) in [5, 5.41) is 5.62. The van der Waals surface area contributed by atoms with Crippen LogP contribution in [0.2, 0.25) is 0 Å². The molecule has 28 heavy (non-hydrogen) atoms. The Kier molecular flexibility index (Phi) is 8.90. The van der Waals surface area contributed by atoms with Crippen LogP contribution in [0, 0.1) is 0 Å². The topological polar surface area (TPSA) is 91.0 Å². The van der Waals surface area contributed by atoms with E-state index in [1.165, 1.54) is 0 Å². The molecule has 2 rings (SSSR count). The summed E-state index contributed by atoms with van der Waals surface area (Å²) in [7, 11) is 1.64. The fraction of sp³-hybridized carbons (Fsp3) is 0.550. The summed E-state index contributed by atoms with van der Waals surface area (Å²) in [5.41, 5.74) is 0.531. The summed E-state index contributed by atoms with van der Waals surface area (Å²) >= 11 is 0. The van der Waals surface area contributed by atoms with Gasteiger partial charge in [-0.05, 0) is 25.5 Å². The average molecular weight is 390 g/mol. The fourth-order valence-electron chi connectivity index (χ4n) is 3.03. The third kappa shape index (κ3) is 6.94. The van der Waals surface area contributed by atoms with Gasteiger partial charge in [-0.3, -0.25) is 19.3 Å². The third-order valence-electron chi connectivity index (χ3n) is 4.65. The average Bonchev–Trinajstić information content (AvgIpc) is 2.72. The van der Waals surface area contributed by atoms with E-state index in [1.54, 1.807) is 43.2 Å². The molecule has 8 heteroatoms. The van der Waals surface area contributed by atoms with Gasteiger partial charge >= 0.3 is 0 Å². The SMILES string of the molecule is COCCCNC(=O)CN1CCN(C(=O)[C@H](C)NC(=O)c2ccccc2)CC1. The van der Waals surface area contributed by atoms with Crippen LogP contribution in [0.15, 0.2) is 30.3 Å². The molecule has 8 nitrogen and oxygen atoms in total. The van der Waals surface area contributed by atoms with Crippen molar-refractivity contribution in [1.29, 1.82) is 0 Å². The Morgan fingerprint density at radius 1 is 1.11 bits per heavy atom. The molecule has 1 aromatic rings. The minimum absolute atomic E-state index is 0.0145. The largest absolute Gasteiger partial charge is 0.385 e. The van der Waals surface area contributed by atoms with Crippen molar-refractivity contribution in [3.05, 3.63) is 35.9 Å². The molecule has 1 heterocycles. The Balaban J connectivity index is 1.71. The van der Waals surface area contributed by atoms with Gasteiger partial charge in [-0.25, -0.2) is 0 Å². The third-order valence-corrected chi connectivity index (χ3v) is 4.65. The first-order valence-electron chi connectivity index (χ1n) is 9.64. The number of ether oxygens (including phenoxy) is 1. The summed E-state index contributed by atoms with van der Waals surface area (Å²) in [6.45, 7) is 5.61. The maximum Gasteiger partial charge on any atom is 0.251 e. The van der Waals surface area contributed by atoms with Crippen molar-refractivity contribution < 1.29 is 19.1 Å². The van der Waals surface area contributed by atoms with Crippen molar-refractivity contribution in [3.8, 4) is 0 Å². The van der Waals surface area contributed by atoms with Gasteiger partial charge < -0.3 is 20.3 Å².